The molecule has 0 aliphatic heterocycles. The van der Waals surface area contributed by atoms with E-state index in [1.807, 2.05) is 24.3 Å². The van der Waals surface area contributed by atoms with Gasteiger partial charge in [0.2, 0.25) is 0 Å². The number of aromatic nitrogens is 2. The number of anilines is 1. The van der Waals surface area contributed by atoms with Crippen molar-refractivity contribution in [3.8, 4) is 0 Å². The Hall–Kier alpha value is -1.62. The van der Waals surface area contributed by atoms with Crippen LogP contribution in [0.5, 0.6) is 0 Å². The number of hydrogen-bond acceptors (Lipinski definition) is 2. The minimum absolute atomic E-state index is 0.195. The highest BCUT2D eigenvalue weighted by Crippen LogP contribution is 2.18. The van der Waals surface area contributed by atoms with Crippen LogP contribution in [0.4, 0.5) is 5.69 Å². The second-order valence-corrected chi connectivity index (χ2v) is 4.18. The van der Waals surface area contributed by atoms with Gasteiger partial charge in [-0.3, -0.25) is 9.48 Å². The first kappa shape index (κ1) is 11.9. The maximum atomic E-state index is 11.9. The third-order valence-electron chi connectivity index (χ3n) is 2.36. The second-order valence-electron chi connectivity index (χ2n) is 3.62. The Balaban J connectivity index is 2.18. The van der Waals surface area contributed by atoms with E-state index in [2.05, 4.69) is 26.3 Å². The lowest BCUT2D eigenvalue weighted by atomic mass is 10.2. The lowest BCUT2D eigenvalue weighted by molar-refractivity contribution is 0.102. The molecule has 0 radical (unpaired) electrons. The van der Waals surface area contributed by atoms with E-state index in [1.165, 1.54) is 0 Å². The molecule has 1 aromatic heterocycles. The highest BCUT2D eigenvalue weighted by molar-refractivity contribution is 9.08. The minimum Gasteiger partial charge on any atom is -0.320 e. The van der Waals surface area contributed by atoms with Gasteiger partial charge in [-0.1, -0.05) is 34.1 Å². The Morgan fingerprint density at radius 3 is 2.82 bits per heavy atom. The maximum absolute atomic E-state index is 11.9. The van der Waals surface area contributed by atoms with Gasteiger partial charge < -0.3 is 5.32 Å². The Labute approximate surface area is 108 Å². The van der Waals surface area contributed by atoms with Gasteiger partial charge in [0.25, 0.3) is 5.91 Å². The van der Waals surface area contributed by atoms with E-state index >= 15 is 0 Å². The van der Waals surface area contributed by atoms with E-state index in [-0.39, 0.29) is 5.91 Å². The zero-order valence-corrected chi connectivity index (χ0v) is 10.9. The van der Waals surface area contributed by atoms with Crippen LogP contribution in [-0.2, 0) is 12.4 Å². The molecule has 0 saturated carbocycles. The normalized spacial score (nSPS) is 10.2. The van der Waals surface area contributed by atoms with Crippen LogP contribution in [0, 0.1) is 0 Å². The third-order valence-corrected chi connectivity index (χ3v) is 2.96. The molecule has 88 valence electrons. The van der Waals surface area contributed by atoms with Crippen LogP contribution in [0.3, 0.4) is 0 Å². The van der Waals surface area contributed by atoms with Gasteiger partial charge in [0.05, 0.1) is 0 Å². The smallest absolute Gasteiger partial charge is 0.276 e. The zero-order valence-electron chi connectivity index (χ0n) is 9.35. The number of carbonyl (C=O) groups excluding carboxylic acids is 1. The van der Waals surface area contributed by atoms with Crippen LogP contribution in [0.25, 0.3) is 0 Å². The van der Waals surface area contributed by atoms with Crippen molar-refractivity contribution in [3.63, 3.8) is 0 Å². The summed E-state index contributed by atoms with van der Waals surface area (Å²) in [7, 11) is 1.78. The predicted octanol–water partition coefficient (Wildman–Crippen LogP) is 2.57. The van der Waals surface area contributed by atoms with Gasteiger partial charge in [-0.05, 0) is 17.7 Å². The van der Waals surface area contributed by atoms with Crippen molar-refractivity contribution in [3.05, 3.63) is 47.8 Å². The predicted molar refractivity (Wildman–Crippen MR) is 70.2 cm³/mol. The van der Waals surface area contributed by atoms with Crippen LogP contribution in [0.2, 0.25) is 0 Å². The quantitative estimate of drug-likeness (QED) is 0.884. The molecule has 0 saturated heterocycles. The van der Waals surface area contributed by atoms with E-state index < -0.39 is 0 Å². The summed E-state index contributed by atoms with van der Waals surface area (Å²) < 4.78 is 1.60. The van der Waals surface area contributed by atoms with E-state index in [9.17, 15) is 4.79 Å². The SMILES string of the molecule is Cn1ccc(C(=O)Nc2ccccc2CBr)n1. The average Bonchev–Trinajstić information content (AvgIpc) is 2.77. The number of alkyl halides is 1. The largest absolute Gasteiger partial charge is 0.320 e. The van der Waals surface area contributed by atoms with E-state index in [1.54, 1.807) is 24.0 Å². The van der Waals surface area contributed by atoms with Crippen molar-refractivity contribution < 1.29 is 4.79 Å². The summed E-state index contributed by atoms with van der Waals surface area (Å²) in [4.78, 5) is 11.9. The molecule has 2 rings (SSSR count). The summed E-state index contributed by atoms with van der Waals surface area (Å²) in [5.74, 6) is -0.195. The summed E-state index contributed by atoms with van der Waals surface area (Å²) in [6.45, 7) is 0. The second kappa shape index (κ2) is 5.14. The molecule has 1 heterocycles. The third kappa shape index (κ3) is 2.74. The van der Waals surface area contributed by atoms with Gasteiger partial charge in [0.15, 0.2) is 5.69 Å². The van der Waals surface area contributed by atoms with E-state index in [0.717, 1.165) is 11.3 Å². The molecule has 1 N–H and O–H groups in total. The Morgan fingerprint density at radius 2 is 2.18 bits per heavy atom. The first-order valence-electron chi connectivity index (χ1n) is 5.15. The number of carbonyl (C=O) groups is 1. The monoisotopic (exact) mass is 293 g/mol. The van der Waals surface area contributed by atoms with Gasteiger partial charge in [-0.2, -0.15) is 5.10 Å². The molecule has 1 aromatic carbocycles. The lowest BCUT2D eigenvalue weighted by Gasteiger charge is -2.07. The number of benzene rings is 1. The van der Waals surface area contributed by atoms with Crippen molar-refractivity contribution in [2.24, 2.45) is 7.05 Å². The molecular formula is C12H12BrN3O. The zero-order chi connectivity index (χ0) is 12.3. The number of aryl methyl sites for hydroxylation is 1. The number of para-hydroxylation sites is 1. The highest BCUT2D eigenvalue weighted by atomic mass is 79.9. The Bertz CT molecular complexity index is 536. The minimum atomic E-state index is -0.195. The lowest BCUT2D eigenvalue weighted by Crippen LogP contribution is -2.14. The molecule has 1 amide bonds. The van der Waals surface area contributed by atoms with E-state index in [4.69, 9.17) is 0 Å². The molecule has 0 unspecified atom stereocenters. The highest BCUT2D eigenvalue weighted by Gasteiger charge is 2.10. The average molecular weight is 294 g/mol. The molecule has 17 heavy (non-hydrogen) atoms. The molecule has 2 aromatic rings. The fraction of sp³-hybridized carbons (Fsp3) is 0.167. The molecule has 5 heteroatoms. The molecule has 0 atom stereocenters. The van der Waals surface area contributed by atoms with Crippen LogP contribution < -0.4 is 5.32 Å². The first-order chi connectivity index (χ1) is 8.20. The molecule has 0 fully saturated rings. The maximum Gasteiger partial charge on any atom is 0.276 e. The fourth-order valence-corrected chi connectivity index (χ4v) is 1.97. The number of nitrogens with zero attached hydrogens (tertiary/aromatic N) is 2. The van der Waals surface area contributed by atoms with Crippen molar-refractivity contribution in [1.29, 1.82) is 0 Å². The molecular weight excluding hydrogens is 282 g/mol. The van der Waals surface area contributed by atoms with Crippen molar-refractivity contribution >= 4 is 27.5 Å². The van der Waals surface area contributed by atoms with Gasteiger partial charge in [0, 0.05) is 24.3 Å². The summed E-state index contributed by atoms with van der Waals surface area (Å²) >= 11 is 3.39. The molecule has 4 nitrogen and oxygen atoms in total. The van der Waals surface area contributed by atoms with Crippen LogP contribution in [0.1, 0.15) is 16.1 Å². The summed E-state index contributed by atoms with van der Waals surface area (Å²) in [5.41, 5.74) is 2.26. The van der Waals surface area contributed by atoms with Crippen LogP contribution in [-0.4, -0.2) is 15.7 Å². The summed E-state index contributed by atoms with van der Waals surface area (Å²) in [5, 5.41) is 7.60. The molecule has 0 aliphatic rings. The van der Waals surface area contributed by atoms with E-state index in [0.29, 0.717) is 11.0 Å². The van der Waals surface area contributed by atoms with Gasteiger partial charge in [0.1, 0.15) is 0 Å². The first-order valence-corrected chi connectivity index (χ1v) is 6.27. The topological polar surface area (TPSA) is 46.9 Å². The number of nitrogens with one attached hydrogen (secondary N) is 1. The van der Waals surface area contributed by atoms with Crippen molar-refractivity contribution in [2.75, 3.05) is 5.32 Å². The van der Waals surface area contributed by atoms with Gasteiger partial charge >= 0.3 is 0 Å². The van der Waals surface area contributed by atoms with Gasteiger partial charge in [-0.15, -0.1) is 0 Å². The summed E-state index contributed by atoms with van der Waals surface area (Å²) in [6.07, 6.45) is 1.74. The fourth-order valence-electron chi connectivity index (χ4n) is 1.48. The standard InChI is InChI=1S/C12H12BrN3O/c1-16-7-6-11(15-16)12(17)14-10-5-3-2-4-9(10)8-13/h2-7H,8H2,1H3,(H,14,17). The van der Waals surface area contributed by atoms with Crippen molar-refractivity contribution in [2.45, 2.75) is 5.33 Å². The number of rotatable bonds is 3. The molecule has 0 bridgehead atoms. The number of amides is 1. The Morgan fingerprint density at radius 1 is 1.41 bits per heavy atom. The van der Waals surface area contributed by atoms with Gasteiger partial charge in [-0.25, -0.2) is 0 Å². The number of hydrogen-bond donors (Lipinski definition) is 1. The molecule has 0 spiro atoms. The molecule has 0 aliphatic carbocycles. The van der Waals surface area contributed by atoms with Crippen LogP contribution in [0.15, 0.2) is 36.5 Å². The Kier molecular flexibility index (Phi) is 3.58. The van der Waals surface area contributed by atoms with Crippen molar-refractivity contribution in [1.82, 2.24) is 9.78 Å². The van der Waals surface area contributed by atoms with Crippen LogP contribution >= 0.6 is 15.9 Å². The number of halogens is 1. The summed E-state index contributed by atoms with van der Waals surface area (Å²) in [6, 6.07) is 9.35.